The smallest absolute Gasteiger partial charge is 0.223 e. The molecule has 1 saturated heterocycles. The summed E-state index contributed by atoms with van der Waals surface area (Å²) in [5, 5.41) is 0.155. The van der Waals surface area contributed by atoms with Crippen molar-refractivity contribution in [1.82, 2.24) is 14.5 Å². The largest absolute Gasteiger partial charge is 0.365 e. The molecule has 2 aromatic rings. The van der Waals surface area contributed by atoms with Crippen LogP contribution in [-0.2, 0) is 0 Å². The van der Waals surface area contributed by atoms with Crippen LogP contribution in [0, 0.1) is 0 Å². The summed E-state index contributed by atoms with van der Waals surface area (Å²) < 4.78 is 29.0. The average molecular weight is 315 g/mol. The quantitative estimate of drug-likeness (QED) is 0.795. The zero-order valence-electron chi connectivity index (χ0n) is 11.9. The number of fused-ring (bicyclic) bond motifs is 1. The van der Waals surface area contributed by atoms with Gasteiger partial charge in [0.1, 0.15) is 17.9 Å². The highest BCUT2D eigenvalue weighted by atomic mass is 35.5. The molecule has 21 heavy (non-hydrogen) atoms. The van der Waals surface area contributed by atoms with Gasteiger partial charge in [0.15, 0.2) is 0 Å². The summed E-state index contributed by atoms with van der Waals surface area (Å²) in [7, 11) is 0. The number of alkyl halides is 2. The maximum absolute atomic E-state index is 13.7. The van der Waals surface area contributed by atoms with Crippen molar-refractivity contribution in [2.24, 2.45) is 0 Å². The number of hydrogen-bond acceptors (Lipinski definition) is 3. The molecule has 7 heteroatoms. The van der Waals surface area contributed by atoms with Crippen molar-refractivity contribution in [3.8, 4) is 0 Å². The predicted molar refractivity (Wildman–Crippen MR) is 79.5 cm³/mol. The van der Waals surface area contributed by atoms with Crippen molar-refractivity contribution < 1.29 is 8.78 Å². The molecular formula is C14H17ClF2N4. The van der Waals surface area contributed by atoms with E-state index in [0.717, 1.165) is 11.2 Å². The van der Waals surface area contributed by atoms with Crippen molar-refractivity contribution >= 4 is 28.3 Å². The standard InChI is InChI=1S/C14H17ClF2N4/c1-8(2)21-7-12(13-11(21)5-18-14(15)19-13)20-4-3-9(16)10(17)6-20/h5,7-10H,3-4,6H2,1-2H3/t9-,10+/m0/s1. The van der Waals surface area contributed by atoms with Gasteiger partial charge in [-0.2, -0.15) is 0 Å². The first kappa shape index (κ1) is 14.5. The summed E-state index contributed by atoms with van der Waals surface area (Å²) in [5.41, 5.74) is 2.33. The van der Waals surface area contributed by atoms with Crippen LogP contribution in [0.4, 0.5) is 14.5 Å². The molecule has 0 unspecified atom stereocenters. The van der Waals surface area contributed by atoms with E-state index in [9.17, 15) is 8.78 Å². The Balaban J connectivity index is 2.07. The molecule has 0 bridgehead atoms. The van der Waals surface area contributed by atoms with Gasteiger partial charge in [0.2, 0.25) is 5.28 Å². The zero-order chi connectivity index (χ0) is 15.1. The maximum Gasteiger partial charge on any atom is 0.223 e. The minimum Gasteiger partial charge on any atom is -0.365 e. The fraction of sp³-hybridized carbons (Fsp3) is 0.571. The molecule has 2 atom stereocenters. The van der Waals surface area contributed by atoms with Crippen LogP contribution in [0.5, 0.6) is 0 Å². The number of hydrogen-bond donors (Lipinski definition) is 0. The predicted octanol–water partition coefficient (Wildman–Crippen LogP) is 3.55. The second kappa shape index (κ2) is 5.40. The molecule has 1 aliphatic heterocycles. The lowest BCUT2D eigenvalue weighted by Crippen LogP contribution is -2.42. The van der Waals surface area contributed by atoms with Crippen LogP contribution < -0.4 is 4.90 Å². The number of piperidine rings is 1. The molecule has 4 nitrogen and oxygen atoms in total. The van der Waals surface area contributed by atoms with E-state index >= 15 is 0 Å². The van der Waals surface area contributed by atoms with Crippen molar-refractivity contribution in [2.45, 2.75) is 38.7 Å². The van der Waals surface area contributed by atoms with Crippen molar-refractivity contribution in [1.29, 1.82) is 0 Å². The maximum atomic E-state index is 13.7. The van der Waals surface area contributed by atoms with Crippen LogP contribution >= 0.6 is 11.6 Å². The lowest BCUT2D eigenvalue weighted by molar-refractivity contribution is 0.144. The summed E-state index contributed by atoms with van der Waals surface area (Å²) >= 11 is 5.89. The lowest BCUT2D eigenvalue weighted by Gasteiger charge is -2.32. The SMILES string of the molecule is CC(C)n1cc(N2CC[C@H](F)[C@H](F)C2)c2nc(Cl)ncc21. The normalized spacial score (nSPS) is 23.2. The van der Waals surface area contributed by atoms with E-state index in [1.165, 1.54) is 0 Å². The minimum atomic E-state index is -1.46. The minimum absolute atomic E-state index is 0.0417. The Kier molecular flexibility index (Phi) is 3.73. The molecule has 3 heterocycles. The third-order valence-corrected chi connectivity index (χ3v) is 4.06. The molecule has 1 fully saturated rings. The summed E-state index contributed by atoms with van der Waals surface area (Å²) in [5.74, 6) is 0. The van der Waals surface area contributed by atoms with Crippen molar-refractivity contribution in [3.05, 3.63) is 17.7 Å². The van der Waals surface area contributed by atoms with Gasteiger partial charge in [-0.15, -0.1) is 0 Å². The molecule has 2 aromatic heterocycles. The Morgan fingerprint density at radius 3 is 2.76 bits per heavy atom. The van der Waals surface area contributed by atoms with Crippen LogP contribution in [0.25, 0.3) is 11.0 Å². The molecule has 114 valence electrons. The van der Waals surface area contributed by atoms with E-state index in [1.54, 1.807) is 6.20 Å². The first-order valence-electron chi connectivity index (χ1n) is 7.03. The highest BCUT2D eigenvalue weighted by Gasteiger charge is 2.31. The summed E-state index contributed by atoms with van der Waals surface area (Å²) in [4.78, 5) is 10.1. The molecule has 0 amide bonds. The highest BCUT2D eigenvalue weighted by molar-refractivity contribution is 6.28. The average Bonchev–Trinajstić information content (AvgIpc) is 2.80. The Hall–Kier alpha value is -1.43. The summed E-state index contributed by atoms with van der Waals surface area (Å²) in [6.45, 7) is 4.60. The molecule has 0 aromatic carbocycles. The number of aromatic nitrogens is 3. The van der Waals surface area contributed by atoms with Gasteiger partial charge in [0, 0.05) is 18.8 Å². The van der Waals surface area contributed by atoms with Gasteiger partial charge in [-0.3, -0.25) is 0 Å². The number of rotatable bonds is 2. The second-order valence-electron chi connectivity index (χ2n) is 5.65. The van der Waals surface area contributed by atoms with Crippen molar-refractivity contribution in [3.63, 3.8) is 0 Å². The Labute approximate surface area is 126 Å². The van der Waals surface area contributed by atoms with E-state index in [4.69, 9.17) is 11.6 Å². The van der Waals surface area contributed by atoms with Gasteiger partial charge in [-0.05, 0) is 31.9 Å². The Morgan fingerprint density at radius 2 is 2.10 bits per heavy atom. The lowest BCUT2D eigenvalue weighted by atomic mass is 10.1. The van der Waals surface area contributed by atoms with Gasteiger partial charge in [0.25, 0.3) is 0 Å². The number of halogens is 3. The topological polar surface area (TPSA) is 34.0 Å². The van der Waals surface area contributed by atoms with Crippen LogP contribution in [0.3, 0.4) is 0 Å². The van der Waals surface area contributed by atoms with Crippen LogP contribution in [0.1, 0.15) is 26.3 Å². The van der Waals surface area contributed by atoms with Crippen LogP contribution in [-0.4, -0.2) is 40.0 Å². The molecule has 0 N–H and O–H groups in total. The van der Waals surface area contributed by atoms with Crippen LogP contribution in [0.15, 0.2) is 12.4 Å². The third kappa shape index (κ3) is 2.57. The third-order valence-electron chi connectivity index (χ3n) is 3.88. The van der Waals surface area contributed by atoms with E-state index in [-0.39, 0.29) is 24.3 Å². The molecule has 3 rings (SSSR count). The second-order valence-corrected chi connectivity index (χ2v) is 5.99. The molecular weight excluding hydrogens is 298 g/mol. The van der Waals surface area contributed by atoms with Gasteiger partial charge in [-0.1, -0.05) is 0 Å². The van der Waals surface area contributed by atoms with E-state index in [2.05, 4.69) is 9.97 Å². The Bertz CT molecular complexity index is 658. The van der Waals surface area contributed by atoms with Gasteiger partial charge in [-0.25, -0.2) is 18.7 Å². The van der Waals surface area contributed by atoms with Gasteiger partial charge in [0.05, 0.1) is 23.9 Å². The highest BCUT2D eigenvalue weighted by Crippen LogP contribution is 2.32. The molecule has 1 aliphatic rings. The summed E-state index contributed by atoms with van der Waals surface area (Å²) in [6, 6.07) is 0.214. The number of nitrogens with zero attached hydrogens (tertiary/aromatic N) is 4. The fourth-order valence-corrected chi connectivity index (χ4v) is 2.88. The van der Waals surface area contributed by atoms with Crippen LogP contribution in [0.2, 0.25) is 5.28 Å². The molecule has 0 saturated carbocycles. The number of anilines is 1. The molecule has 0 radical (unpaired) electrons. The fourth-order valence-electron chi connectivity index (χ4n) is 2.75. The molecule has 0 aliphatic carbocycles. The van der Waals surface area contributed by atoms with Gasteiger partial charge >= 0.3 is 0 Å². The van der Waals surface area contributed by atoms with Crippen molar-refractivity contribution in [2.75, 3.05) is 18.0 Å². The van der Waals surface area contributed by atoms with E-state index in [1.807, 2.05) is 29.5 Å². The van der Waals surface area contributed by atoms with E-state index < -0.39 is 12.3 Å². The monoisotopic (exact) mass is 314 g/mol. The molecule has 0 spiro atoms. The van der Waals surface area contributed by atoms with E-state index in [0.29, 0.717) is 12.1 Å². The summed E-state index contributed by atoms with van der Waals surface area (Å²) in [6.07, 6.45) is 0.939. The Morgan fingerprint density at radius 1 is 1.33 bits per heavy atom. The van der Waals surface area contributed by atoms with Gasteiger partial charge < -0.3 is 9.47 Å². The first-order valence-corrected chi connectivity index (χ1v) is 7.41. The first-order chi connectivity index (χ1) is 9.97. The zero-order valence-corrected chi connectivity index (χ0v) is 12.7.